The molecule has 1 aromatic rings. The Balaban J connectivity index is 2.00. The van der Waals surface area contributed by atoms with Gasteiger partial charge < -0.3 is 4.74 Å². The second kappa shape index (κ2) is 8.06. The average molecular weight is 326 g/mol. The van der Waals surface area contributed by atoms with Gasteiger partial charge in [-0.3, -0.25) is 5.43 Å². The lowest BCUT2D eigenvalue weighted by Gasteiger charge is -2.29. The summed E-state index contributed by atoms with van der Waals surface area (Å²) in [7, 11) is -1.56. The maximum absolute atomic E-state index is 12.5. The minimum absolute atomic E-state index is 0.0809. The van der Waals surface area contributed by atoms with Crippen molar-refractivity contribution in [1.82, 2.24) is 10.4 Å². The first-order chi connectivity index (χ1) is 10.6. The summed E-state index contributed by atoms with van der Waals surface area (Å²) >= 11 is 0. The van der Waals surface area contributed by atoms with Crippen LogP contribution >= 0.6 is 0 Å². The molecule has 1 aliphatic rings. The topological polar surface area (TPSA) is 58.6 Å². The molecular formula is C16H26N2O3S. The van der Waals surface area contributed by atoms with Crippen LogP contribution in [0.15, 0.2) is 35.2 Å². The molecule has 0 saturated carbocycles. The molecule has 6 heteroatoms. The van der Waals surface area contributed by atoms with Crippen LogP contribution in [0.25, 0.3) is 0 Å². The number of nitrogens with zero attached hydrogens (tertiary/aromatic N) is 1. The van der Waals surface area contributed by atoms with Gasteiger partial charge in [-0.15, -0.1) is 0 Å². The van der Waals surface area contributed by atoms with Crippen molar-refractivity contribution in [3.63, 3.8) is 0 Å². The molecule has 0 radical (unpaired) electrons. The minimum Gasteiger partial charge on any atom is -0.383 e. The first kappa shape index (κ1) is 17.4. The van der Waals surface area contributed by atoms with Gasteiger partial charge in [-0.25, -0.2) is 13.4 Å². The lowest BCUT2D eigenvalue weighted by Crippen LogP contribution is -2.50. The van der Waals surface area contributed by atoms with E-state index in [0.29, 0.717) is 17.5 Å². The Hall–Kier alpha value is -0.950. The zero-order valence-corrected chi connectivity index (χ0v) is 14.2. The Morgan fingerprint density at radius 3 is 2.73 bits per heavy atom. The number of hydrogen-bond acceptors (Lipinski definition) is 5. The van der Waals surface area contributed by atoms with Crippen molar-refractivity contribution >= 4 is 9.84 Å². The average Bonchev–Trinajstić information content (AvgIpc) is 2.95. The van der Waals surface area contributed by atoms with E-state index in [0.717, 1.165) is 25.8 Å². The highest BCUT2D eigenvalue weighted by Gasteiger charge is 2.28. The van der Waals surface area contributed by atoms with E-state index in [2.05, 4.69) is 10.4 Å². The second-order valence-corrected chi connectivity index (χ2v) is 7.81. The van der Waals surface area contributed by atoms with Crippen molar-refractivity contribution in [2.24, 2.45) is 0 Å². The van der Waals surface area contributed by atoms with E-state index >= 15 is 0 Å². The summed E-state index contributed by atoms with van der Waals surface area (Å²) in [6, 6.07) is 8.92. The third kappa shape index (κ3) is 4.52. The second-order valence-electron chi connectivity index (χ2n) is 5.77. The molecule has 0 aromatic heterocycles. The highest BCUT2D eigenvalue weighted by Crippen LogP contribution is 2.17. The number of rotatable bonds is 8. The van der Waals surface area contributed by atoms with Gasteiger partial charge in [0.2, 0.25) is 0 Å². The van der Waals surface area contributed by atoms with Gasteiger partial charge in [0, 0.05) is 25.7 Å². The molecule has 1 aliphatic heterocycles. The van der Waals surface area contributed by atoms with Crippen LogP contribution in [-0.2, 0) is 14.6 Å². The van der Waals surface area contributed by atoms with Crippen LogP contribution in [0.3, 0.4) is 0 Å². The van der Waals surface area contributed by atoms with Crippen LogP contribution in [0, 0.1) is 0 Å². The molecule has 124 valence electrons. The Morgan fingerprint density at radius 1 is 1.36 bits per heavy atom. The lowest BCUT2D eigenvalue weighted by molar-refractivity contribution is 0.0730. The summed E-state index contributed by atoms with van der Waals surface area (Å²) in [5.74, 6) is 0.115. The summed E-state index contributed by atoms with van der Waals surface area (Å²) in [5.41, 5.74) is 3.40. The molecular weight excluding hydrogens is 300 g/mol. The third-order valence-corrected chi connectivity index (χ3v) is 5.93. The molecule has 2 rings (SSSR count). The van der Waals surface area contributed by atoms with Gasteiger partial charge >= 0.3 is 0 Å². The van der Waals surface area contributed by atoms with Crippen molar-refractivity contribution in [3.8, 4) is 0 Å². The van der Waals surface area contributed by atoms with E-state index in [-0.39, 0.29) is 11.8 Å². The number of ether oxygens (including phenoxy) is 1. The molecule has 0 amide bonds. The number of nitrogens with one attached hydrogen (secondary N) is 1. The molecule has 0 aliphatic carbocycles. The summed E-state index contributed by atoms with van der Waals surface area (Å²) in [6.45, 7) is 3.63. The SMILES string of the molecule is CC[C@H](CS(=O)(=O)c1ccccc1)NN1CCC[C@H]1COC. The van der Waals surface area contributed by atoms with E-state index in [9.17, 15) is 8.42 Å². The fourth-order valence-electron chi connectivity index (χ4n) is 2.84. The molecule has 0 unspecified atom stereocenters. The first-order valence-corrected chi connectivity index (χ1v) is 9.51. The van der Waals surface area contributed by atoms with Crippen LogP contribution in [0.1, 0.15) is 26.2 Å². The first-order valence-electron chi connectivity index (χ1n) is 7.86. The van der Waals surface area contributed by atoms with Crippen molar-refractivity contribution < 1.29 is 13.2 Å². The van der Waals surface area contributed by atoms with Gasteiger partial charge in [0.1, 0.15) is 0 Å². The summed E-state index contributed by atoms with van der Waals surface area (Å²) in [6.07, 6.45) is 2.97. The molecule has 1 heterocycles. The van der Waals surface area contributed by atoms with Gasteiger partial charge in [-0.05, 0) is 31.4 Å². The van der Waals surface area contributed by atoms with Gasteiger partial charge in [0.25, 0.3) is 0 Å². The van der Waals surface area contributed by atoms with Gasteiger partial charge in [-0.1, -0.05) is 25.1 Å². The molecule has 1 N–H and O–H groups in total. The van der Waals surface area contributed by atoms with E-state index in [1.54, 1.807) is 31.4 Å². The molecule has 5 nitrogen and oxygen atoms in total. The predicted octanol–water partition coefficient (Wildman–Crippen LogP) is 1.85. The van der Waals surface area contributed by atoms with E-state index in [1.807, 2.05) is 13.0 Å². The summed E-state index contributed by atoms with van der Waals surface area (Å²) < 4.78 is 30.2. The maximum atomic E-state index is 12.5. The maximum Gasteiger partial charge on any atom is 0.179 e. The number of methoxy groups -OCH3 is 1. The third-order valence-electron chi connectivity index (χ3n) is 4.10. The molecule has 22 heavy (non-hydrogen) atoms. The Bertz CT molecular complexity index is 548. The fourth-order valence-corrected chi connectivity index (χ4v) is 4.45. The van der Waals surface area contributed by atoms with Crippen LogP contribution in [-0.4, -0.2) is 51.5 Å². The zero-order chi connectivity index (χ0) is 16.0. The van der Waals surface area contributed by atoms with Crippen LogP contribution in [0.5, 0.6) is 0 Å². The molecule has 0 bridgehead atoms. The van der Waals surface area contributed by atoms with Crippen LogP contribution in [0.2, 0.25) is 0 Å². The number of hydrogen-bond donors (Lipinski definition) is 1. The highest BCUT2D eigenvalue weighted by molar-refractivity contribution is 7.91. The predicted molar refractivity (Wildman–Crippen MR) is 87.3 cm³/mol. The number of sulfone groups is 1. The van der Waals surface area contributed by atoms with Crippen molar-refractivity contribution in [1.29, 1.82) is 0 Å². The van der Waals surface area contributed by atoms with Gasteiger partial charge in [0.15, 0.2) is 9.84 Å². The van der Waals surface area contributed by atoms with Crippen molar-refractivity contribution in [3.05, 3.63) is 30.3 Å². The quantitative estimate of drug-likeness (QED) is 0.790. The normalized spacial score (nSPS) is 21.1. The standard InChI is InChI=1S/C16H26N2O3S/c1-3-14(17-18-11-7-8-15(18)12-21-2)13-22(19,20)16-9-5-4-6-10-16/h4-6,9-10,14-15,17H,3,7-8,11-13H2,1-2H3/t14-,15+/m1/s1. The van der Waals surface area contributed by atoms with Crippen LogP contribution < -0.4 is 5.43 Å². The number of benzene rings is 1. The summed E-state index contributed by atoms with van der Waals surface area (Å²) in [4.78, 5) is 0.394. The van der Waals surface area contributed by atoms with Crippen molar-refractivity contribution in [2.75, 3.05) is 26.0 Å². The molecule has 1 aromatic carbocycles. The fraction of sp³-hybridized carbons (Fsp3) is 0.625. The van der Waals surface area contributed by atoms with E-state index < -0.39 is 9.84 Å². The minimum atomic E-state index is -3.26. The number of hydrazine groups is 1. The molecule has 1 saturated heterocycles. The molecule has 0 spiro atoms. The van der Waals surface area contributed by atoms with Crippen LogP contribution in [0.4, 0.5) is 0 Å². The van der Waals surface area contributed by atoms with Crippen molar-refractivity contribution in [2.45, 2.75) is 43.2 Å². The lowest BCUT2D eigenvalue weighted by atomic mass is 10.2. The zero-order valence-electron chi connectivity index (χ0n) is 13.4. The largest absolute Gasteiger partial charge is 0.383 e. The Kier molecular flexibility index (Phi) is 6.37. The monoisotopic (exact) mass is 326 g/mol. The van der Waals surface area contributed by atoms with Gasteiger partial charge in [-0.2, -0.15) is 0 Å². The van der Waals surface area contributed by atoms with E-state index in [4.69, 9.17) is 4.74 Å². The Morgan fingerprint density at radius 2 is 2.09 bits per heavy atom. The van der Waals surface area contributed by atoms with Gasteiger partial charge in [0.05, 0.1) is 17.3 Å². The van der Waals surface area contributed by atoms with E-state index in [1.165, 1.54) is 0 Å². The molecule has 2 atom stereocenters. The molecule has 1 fully saturated rings. The highest BCUT2D eigenvalue weighted by atomic mass is 32.2. The summed E-state index contributed by atoms with van der Waals surface area (Å²) in [5, 5.41) is 2.15. The smallest absolute Gasteiger partial charge is 0.179 e. The Labute approximate surface area is 133 Å².